The van der Waals surface area contributed by atoms with E-state index in [1.54, 1.807) is 5.38 Å². The number of anilines is 1. The number of aliphatic carboxylic acids is 1. The Labute approximate surface area is 149 Å². The molecule has 3 rings (SSSR count). The van der Waals surface area contributed by atoms with Gasteiger partial charge in [-0.1, -0.05) is 5.16 Å². The third-order valence-electron chi connectivity index (χ3n) is 3.51. The number of hydrogen-bond acceptors (Lipinski definition) is 9. The normalized spacial score (nSPS) is 22.6. The van der Waals surface area contributed by atoms with Crippen LogP contribution in [0.15, 0.2) is 22.3 Å². The summed E-state index contributed by atoms with van der Waals surface area (Å²) < 4.78 is 0. The number of carbonyl (C=O) groups excluding carboxylic acids is 2. The number of carboxylic acids is 1. The molecule has 3 heterocycles. The highest BCUT2D eigenvalue weighted by atomic mass is 32.2. The lowest BCUT2D eigenvalue weighted by Crippen LogP contribution is -2.70. The molecule has 0 aromatic carbocycles. The van der Waals surface area contributed by atoms with Crippen molar-refractivity contribution in [2.75, 3.05) is 18.6 Å². The van der Waals surface area contributed by atoms with Gasteiger partial charge in [0.05, 0.1) is 0 Å². The standard InChI is InChI=1S/C13H13N5O5S2/c1-23-17-7(5-4-25-13(14)15-5)9(19)16-8-10(20)18-6(12(21)22)2-3-24-11(8)18/h2,4,8,11H,3H2,1H3,(H2,14,15)(H,16,19)(H,21,22)/t8?,11-/m1/s1. The Kier molecular flexibility index (Phi) is 4.63. The molecule has 0 radical (unpaired) electrons. The van der Waals surface area contributed by atoms with Crippen molar-refractivity contribution in [2.24, 2.45) is 5.16 Å². The lowest BCUT2D eigenvalue weighted by molar-refractivity contribution is -0.150. The lowest BCUT2D eigenvalue weighted by Gasteiger charge is -2.48. The molecule has 1 aromatic rings. The Bertz CT molecular complexity index is 804. The van der Waals surface area contributed by atoms with Crippen molar-refractivity contribution in [1.82, 2.24) is 15.2 Å². The van der Waals surface area contributed by atoms with Gasteiger partial charge in [-0.25, -0.2) is 9.78 Å². The average molecular weight is 383 g/mol. The van der Waals surface area contributed by atoms with Crippen molar-refractivity contribution in [3.8, 4) is 0 Å². The summed E-state index contributed by atoms with van der Waals surface area (Å²) >= 11 is 2.49. The molecule has 2 aliphatic rings. The van der Waals surface area contributed by atoms with Gasteiger partial charge in [0.25, 0.3) is 11.8 Å². The summed E-state index contributed by atoms with van der Waals surface area (Å²) in [6.07, 6.45) is 1.47. The van der Waals surface area contributed by atoms with E-state index in [2.05, 4.69) is 20.3 Å². The molecule has 0 spiro atoms. The Hall–Kier alpha value is -2.60. The molecular weight excluding hydrogens is 370 g/mol. The summed E-state index contributed by atoms with van der Waals surface area (Å²) in [6, 6.07) is -0.849. The molecule has 25 heavy (non-hydrogen) atoms. The summed E-state index contributed by atoms with van der Waals surface area (Å²) in [5.74, 6) is -1.89. The van der Waals surface area contributed by atoms with Crippen LogP contribution in [0.1, 0.15) is 5.69 Å². The highest BCUT2D eigenvalue weighted by Crippen LogP contribution is 2.37. The van der Waals surface area contributed by atoms with E-state index in [0.29, 0.717) is 5.75 Å². The minimum Gasteiger partial charge on any atom is -0.477 e. The molecule has 0 bridgehead atoms. The van der Waals surface area contributed by atoms with E-state index in [4.69, 9.17) is 10.8 Å². The van der Waals surface area contributed by atoms with Crippen LogP contribution in [-0.2, 0) is 19.2 Å². The highest BCUT2D eigenvalue weighted by molar-refractivity contribution is 8.00. The Balaban J connectivity index is 1.75. The van der Waals surface area contributed by atoms with Crippen LogP contribution in [0.25, 0.3) is 0 Å². The molecule has 1 aromatic heterocycles. The van der Waals surface area contributed by atoms with Crippen LogP contribution in [0.2, 0.25) is 0 Å². The molecular formula is C13H13N5O5S2. The number of carbonyl (C=O) groups is 3. The summed E-state index contributed by atoms with van der Waals surface area (Å²) in [4.78, 5) is 45.7. The van der Waals surface area contributed by atoms with Crippen molar-refractivity contribution >= 4 is 51.7 Å². The van der Waals surface area contributed by atoms with Gasteiger partial charge in [-0.15, -0.1) is 23.1 Å². The first-order valence-corrected chi connectivity index (χ1v) is 8.88. The summed E-state index contributed by atoms with van der Waals surface area (Å²) in [5, 5.41) is 16.7. The minimum atomic E-state index is -1.18. The van der Waals surface area contributed by atoms with Crippen LogP contribution in [0.5, 0.6) is 0 Å². The van der Waals surface area contributed by atoms with E-state index in [9.17, 15) is 14.4 Å². The first-order valence-electron chi connectivity index (χ1n) is 6.95. The summed E-state index contributed by atoms with van der Waals surface area (Å²) in [5.41, 5.74) is 5.60. The van der Waals surface area contributed by atoms with Crippen LogP contribution >= 0.6 is 23.1 Å². The average Bonchev–Trinajstić information content (AvgIpc) is 3.02. The number of β-lactam (4-membered cyclic amide) rings is 1. The van der Waals surface area contributed by atoms with Gasteiger partial charge in [0.1, 0.15) is 29.9 Å². The largest absolute Gasteiger partial charge is 0.477 e. The number of fused-ring (bicyclic) bond motifs is 1. The number of thioether (sulfide) groups is 1. The van der Waals surface area contributed by atoms with Gasteiger partial charge in [0.2, 0.25) is 0 Å². The van der Waals surface area contributed by atoms with Crippen LogP contribution in [0, 0.1) is 0 Å². The van der Waals surface area contributed by atoms with Gasteiger partial charge in [-0.3, -0.25) is 14.5 Å². The highest BCUT2D eigenvalue weighted by Gasteiger charge is 2.53. The number of nitrogens with zero attached hydrogens (tertiary/aromatic N) is 3. The van der Waals surface area contributed by atoms with E-state index in [1.165, 1.54) is 24.9 Å². The number of nitrogens with two attached hydrogens (primary N) is 1. The second-order valence-corrected chi connectivity index (χ2v) is 7.01. The molecule has 2 aliphatic heterocycles. The van der Waals surface area contributed by atoms with Crippen LogP contribution < -0.4 is 11.1 Å². The topological polar surface area (TPSA) is 147 Å². The number of thiazole rings is 1. The second-order valence-electron chi connectivity index (χ2n) is 4.97. The molecule has 12 heteroatoms. The van der Waals surface area contributed by atoms with Crippen molar-refractivity contribution in [1.29, 1.82) is 0 Å². The first kappa shape index (κ1) is 17.2. The van der Waals surface area contributed by atoms with Crippen molar-refractivity contribution < 1.29 is 24.3 Å². The van der Waals surface area contributed by atoms with Crippen LogP contribution in [0.4, 0.5) is 5.13 Å². The van der Waals surface area contributed by atoms with Gasteiger partial charge in [-0.2, -0.15) is 0 Å². The maximum Gasteiger partial charge on any atom is 0.352 e. The third kappa shape index (κ3) is 3.05. The molecule has 0 saturated carbocycles. The number of hydrogen-bond donors (Lipinski definition) is 3. The maximum absolute atomic E-state index is 12.5. The Morgan fingerprint density at radius 1 is 1.56 bits per heavy atom. The molecule has 2 atom stereocenters. The number of nitrogens with one attached hydrogen (secondary N) is 1. The quantitative estimate of drug-likeness (QED) is 0.348. The molecule has 1 fully saturated rings. The van der Waals surface area contributed by atoms with Crippen molar-refractivity contribution in [2.45, 2.75) is 11.4 Å². The van der Waals surface area contributed by atoms with E-state index < -0.39 is 29.2 Å². The number of nitrogen functional groups attached to an aromatic ring is 1. The molecule has 10 nitrogen and oxygen atoms in total. The van der Waals surface area contributed by atoms with E-state index in [1.807, 2.05) is 0 Å². The summed E-state index contributed by atoms with van der Waals surface area (Å²) in [6.45, 7) is 0. The number of rotatable bonds is 5. The monoisotopic (exact) mass is 383 g/mol. The van der Waals surface area contributed by atoms with Crippen molar-refractivity contribution in [3.63, 3.8) is 0 Å². The predicted octanol–water partition coefficient (Wildman–Crippen LogP) is -0.556. The zero-order chi connectivity index (χ0) is 18.1. The van der Waals surface area contributed by atoms with E-state index in [-0.39, 0.29) is 22.2 Å². The number of oxime groups is 1. The zero-order valence-corrected chi connectivity index (χ0v) is 14.5. The lowest BCUT2D eigenvalue weighted by atomic mass is 10.0. The minimum absolute atomic E-state index is 0.0719. The smallest absolute Gasteiger partial charge is 0.352 e. The fourth-order valence-corrected chi connectivity index (χ4v) is 4.18. The van der Waals surface area contributed by atoms with Crippen LogP contribution in [0.3, 0.4) is 0 Å². The number of aromatic nitrogens is 1. The zero-order valence-electron chi connectivity index (χ0n) is 12.8. The molecule has 1 saturated heterocycles. The van der Waals surface area contributed by atoms with Crippen molar-refractivity contribution in [3.05, 3.63) is 22.8 Å². The Morgan fingerprint density at radius 2 is 2.32 bits per heavy atom. The van der Waals surface area contributed by atoms with Gasteiger partial charge in [-0.05, 0) is 6.08 Å². The molecule has 0 aliphatic carbocycles. The fourth-order valence-electron chi connectivity index (χ4n) is 2.44. The SMILES string of the molecule is CON=C(C(=O)NC1C(=O)N2C(C(=O)O)=CCS[C@H]12)c1csc(N)n1. The van der Waals surface area contributed by atoms with Gasteiger partial charge in [0.15, 0.2) is 10.8 Å². The molecule has 4 N–H and O–H groups in total. The molecule has 132 valence electrons. The predicted molar refractivity (Wildman–Crippen MR) is 90.8 cm³/mol. The molecule has 1 unspecified atom stereocenters. The second kappa shape index (κ2) is 6.72. The number of carboxylic acid groups (broad SMARTS) is 1. The van der Waals surface area contributed by atoms with Gasteiger partial charge in [0, 0.05) is 11.1 Å². The molecule has 2 amide bonds. The van der Waals surface area contributed by atoms with E-state index in [0.717, 1.165) is 16.2 Å². The Morgan fingerprint density at radius 3 is 2.92 bits per heavy atom. The van der Waals surface area contributed by atoms with Gasteiger partial charge >= 0.3 is 5.97 Å². The fraction of sp³-hybridized carbons (Fsp3) is 0.308. The third-order valence-corrected chi connectivity index (χ3v) is 5.37. The van der Waals surface area contributed by atoms with E-state index >= 15 is 0 Å². The summed E-state index contributed by atoms with van der Waals surface area (Å²) in [7, 11) is 1.28. The number of amides is 2. The van der Waals surface area contributed by atoms with Crippen LogP contribution in [-0.4, -0.2) is 62.8 Å². The maximum atomic E-state index is 12.5. The first-order chi connectivity index (χ1) is 11.9. The van der Waals surface area contributed by atoms with Gasteiger partial charge < -0.3 is 21.0 Å².